The molecular weight excluding hydrogens is 644 g/mol. The molecule has 2 N–H and O–H groups in total. The number of hydrogen-bond donors (Lipinski definition) is 3. The molecule has 0 aliphatic carbocycles. The summed E-state index contributed by atoms with van der Waals surface area (Å²) < 4.78 is 0. The van der Waals surface area contributed by atoms with Crippen LogP contribution in [-0.2, 0) is 38.4 Å². The molecule has 0 aromatic rings. The molecule has 0 saturated carbocycles. The van der Waals surface area contributed by atoms with Gasteiger partial charge in [0.1, 0.15) is 0 Å². The Kier molecular flexibility index (Phi) is 19.5. The van der Waals surface area contributed by atoms with Crippen LogP contribution in [0.4, 0.5) is 0 Å². The van der Waals surface area contributed by atoms with Crippen LogP contribution in [-0.4, -0.2) is 144 Å². The molecule has 0 bridgehead atoms. The van der Waals surface area contributed by atoms with Crippen molar-refractivity contribution in [3.63, 3.8) is 0 Å². The molecule has 2 fully saturated rings. The molecule has 2 rings (SSSR count). The van der Waals surface area contributed by atoms with Gasteiger partial charge in [0, 0.05) is 12.2 Å². The van der Waals surface area contributed by atoms with E-state index in [-0.39, 0.29) is 93.4 Å². The fourth-order valence-electron chi connectivity index (χ4n) is 3.48. The molecule has 18 heteroatoms. The molecule has 2 saturated heterocycles. The molecule has 2 aliphatic rings. The minimum atomic E-state index is -0.939. The Morgan fingerprint density at radius 2 is 0.804 bits per heavy atom. The van der Waals surface area contributed by atoms with Crippen LogP contribution < -0.4 is 0 Å². The second kappa shape index (κ2) is 21.8. The zero-order valence-electron chi connectivity index (χ0n) is 25.2. The number of thioether (sulfide) groups is 1. The monoisotopic (exact) mass is 682 g/mol. The smallest absolute Gasteiger partial charge is 0.313 e. The van der Waals surface area contributed by atoms with Crippen LogP contribution in [0.5, 0.6) is 0 Å². The van der Waals surface area contributed by atoms with Gasteiger partial charge >= 0.3 is 11.9 Å². The first-order chi connectivity index (χ1) is 21.7. The number of hydrogen-bond acceptors (Lipinski definition) is 10. The SMILES string of the molecule is C=CC(=O)N1CN(C(=O)C=C)CN(C(=O)C=C)C1.C=CC(=O)N1CN(C(=O)C=C)CN(C(=O)CCSCC(=O)O)C1.O=C(O)CS. The van der Waals surface area contributed by atoms with Gasteiger partial charge in [-0.05, 0) is 30.4 Å². The van der Waals surface area contributed by atoms with Crippen LogP contribution in [0.1, 0.15) is 6.42 Å². The van der Waals surface area contributed by atoms with Gasteiger partial charge in [-0.25, -0.2) is 0 Å². The second-order valence-corrected chi connectivity index (χ2v) is 10.4. The third-order valence-corrected chi connectivity index (χ3v) is 6.87. The van der Waals surface area contributed by atoms with Gasteiger partial charge in [-0.2, -0.15) is 12.6 Å². The van der Waals surface area contributed by atoms with Crippen LogP contribution in [0.15, 0.2) is 63.3 Å². The number of carboxylic acids is 2. The van der Waals surface area contributed by atoms with E-state index >= 15 is 0 Å². The molecule has 252 valence electrons. The van der Waals surface area contributed by atoms with Crippen molar-refractivity contribution in [2.45, 2.75) is 6.42 Å². The predicted molar refractivity (Wildman–Crippen MR) is 172 cm³/mol. The number of carbonyl (C=O) groups excluding carboxylic acids is 6. The fourth-order valence-corrected chi connectivity index (χ4v) is 4.12. The van der Waals surface area contributed by atoms with Gasteiger partial charge in [-0.3, -0.25) is 38.4 Å². The summed E-state index contributed by atoms with van der Waals surface area (Å²) in [6.07, 6.45) is 5.78. The Bertz CT molecular complexity index is 1130. The van der Waals surface area contributed by atoms with Crippen LogP contribution >= 0.6 is 24.4 Å². The number of aliphatic carboxylic acids is 2. The van der Waals surface area contributed by atoms with Crippen molar-refractivity contribution < 1.29 is 48.6 Å². The van der Waals surface area contributed by atoms with Crippen LogP contribution in [0.2, 0.25) is 0 Å². The summed E-state index contributed by atoms with van der Waals surface area (Å²) in [7, 11) is 0. The first-order valence-corrected chi connectivity index (χ1v) is 14.9. The Balaban J connectivity index is 0.000000783. The zero-order valence-corrected chi connectivity index (χ0v) is 26.9. The van der Waals surface area contributed by atoms with E-state index in [1.165, 1.54) is 29.4 Å². The van der Waals surface area contributed by atoms with E-state index in [0.29, 0.717) is 5.75 Å². The Hall–Kier alpha value is -4.84. The average molecular weight is 683 g/mol. The van der Waals surface area contributed by atoms with Crippen molar-refractivity contribution in [2.75, 3.05) is 57.3 Å². The fraction of sp³-hybridized carbons (Fsp3) is 0.357. The highest BCUT2D eigenvalue weighted by molar-refractivity contribution is 7.99. The molecule has 0 aromatic carbocycles. The molecule has 2 aliphatic heterocycles. The minimum absolute atomic E-state index is 0.0627. The van der Waals surface area contributed by atoms with Gasteiger partial charge < -0.3 is 39.6 Å². The molecule has 46 heavy (non-hydrogen) atoms. The van der Waals surface area contributed by atoms with Gasteiger partial charge in [-0.1, -0.05) is 32.9 Å². The maximum Gasteiger partial charge on any atom is 0.313 e. The summed E-state index contributed by atoms with van der Waals surface area (Å²) in [5, 5.41) is 16.2. The highest BCUT2D eigenvalue weighted by Gasteiger charge is 2.30. The van der Waals surface area contributed by atoms with Gasteiger partial charge in [0.25, 0.3) is 0 Å². The van der Waals surface area contributed by atoms with Gasteiger partial charge in [0.05, 0.1) is 51.5 Å². The molecule has 0 spiro atoms. The van der Waals surface area contributed by atoms with E-state index in [2.05, 4.69) is 45.5 Å². The van der Waals surface area contributed by atoms with E-state index in [9.17, 15) is 38.4 Å². The summed E-state index contributed by atoms with van der Waals surface area (Å²) in [6.45, 7) is 17.4. The maximum absolute atomic E-state index is 12.2. The standard InChI is InChI=1S/C14H19N3O5S.C12H15N3O3.C2H4O2S/c1-3-11(18)15-8-16(12(19)4-2)10-17(9-15)13(20)5-6-23-7-14(21)22;1-4-10(16)13-7-14(11(17)5-2)9-15(8-13)12(18)6-3;3-2(4)1-5/h3-4H,1-2,5-10H2,(H,21,22);4-6H,1-3,7-9H2;5H,1H2,(H,3,4). The van der Waals surface area contributed by atoms with Crippen molar-refractivity contribution in [2.24, 2.45) is 0 Å². The molecule has 16 nitrogen and oxygen atoms in total. The normalized spacial score (nSPS) is 13.8. The number of carboxylic acid groups (broad SMARTS) is 2. The number of thiol groups is 1. The Labute approximate surface area is 276 Å². The van der Waals surface area contributed by atoms with Crippen molar-refractivity contribution in [1.82, 2.24) is 29.4 Å². The van der Waals surface area contributed by atoms with Crippen molar-refractivity contribution >= 4 is 71.8 Å². The third kappa shape index (κ3) is 14.8. The molecule has 0 aromatic heterocycles. The Morgan fingerprint density at radius 3 is 1.02 bits per heavy atom. The van der Waals surface area contributed by atoms with Crippen LogP contribution in [0.25, 0.3) is 0 Å². The summed E-state index contributed by atoms with van der Waals surface area (Å²) in [5.41, 5.74) is 0. The van der Waals surface area contributed by atoms with E-state index in [1.54, 1.807) is 0 Å². The lowest BCUT2D eigenvalue weighted by molar-refractivity contribution is -0.155. The second-order valence-electron chi connectivity index (χ2n) is 8.94. The quantitative estimate of drug-likeness (QED) is 0.149. The van der Waals surface area contributed by atoms with Crippen LogP contribution in [0.3, 0.4) is 0 Å². The topological polar surface area (TPSA) is 196 Å². The van der Waals surface area contributed by atoms with Crippen molar-refractivity contribution in [3.8, 4) is 0 Å². The number of amides is 6. The highest BCUT2D eigenvalue weighted by atomic mass is 32.2. The minimum Gasteiger partial charge on any atom is -0.481 e. The summed E-state index contributed by atoms with van der Waals surface area (Å²) in [5.74, 6) is -3.70. The molecule has 0 unspecified atom stereocenters. The maximum atomic E-state index is 12.2. The summed E-state index contributed by atoms with van der Waals surface area (Å²) in [4.78, 5) is 98.1. The third-order valence-electron chi connectivity index (χ3n) is 5.65. The largest absolute Gasteiger partial charge is 0.481 e. The Morgan fingerprint density at radius 1 is 0.543 bits per heavy atom. The summed E-state index contributed by atoms with van der Waals surface area (Å²) >= 11 is 4.55. The average Bonchev–Trinajstić information content (AvgIpc) is 3.07. The molecule has 6 amide bonds. The molecule has 0 atom stereocenters. The van der Waals surface area contributed by atoms with Gasteiger partial charge in [0.15, 0.2) is 0 Å². The number of rotatable bonds is 11. The highest BCUT2D eigenvalue weighted by Crippen LogP contribution is 2.13. The lowest BCUT2D eigenvalue weighted by atomic mass is 10.3. The first kappa shape index (κ1) is 41.2. The predicted octanol–water partition coefficient (Wildman–Crippen LogP) is -0.145. The first-order valence-electron chi connectivity index (χ1n) is 13.2. The van der Waals surface area contributed by atoms with Gasteiger partial charge in [-0.15, -0.1) is 11.8 Å². The van der Waals surface area contributed by atoms with Crippen molar-refractivity contribution in [1.29, 1.82) is 0 Å². The van der Waals surface area contributed by atoms with Crippen molar-refractivity contribution in [3.05, 3.63) is 63.3 Å². The molecule has 0 radical (unpaired) electrons. The lowest BCUT2D eigenvalue weighted by Crippen LogP contribution is -2.59. The molecule has 2 heterocycles. The zero-order chi connectivity index (χ0) is 35.4. The van der Waals surface area contributed by atoms with E-state index in [1.807, 2.05) is 0 Å². The summed E-state index contributed by atoms with van der Waals surface area (Å²) in [6, 6.07) is 0. The van der Waals surface area contributed by atoms with E-state index < -0.39 is 11.9 Å². The number of nitrogens with zero attached hydrogens (tertiary/aromatic N) is 6. The number of carbonyl (C=O) groups is 8. The van der Waals surface area contributed by atoms with Crippen LogP contribution in [0, 0.1) is 0 Å². The molecular formula is C28H38N6O10S2. The van der Waals surface area contributed by atoms with Gasteiger partial charge in [0.2, 0.25) is 35.4 Å². The lowest BCUT2D eigenvalue weighted by Gasteiger charge is -2.41. The van der Waals surface area contributed by atoms with E-state index in [0.717, 1.165) is 42.1 Å². The van der Waals surface area contributed by atoms with E-state index in [4.69, 9.17) is 10.2 Å².